The van der Waals surface area contributed by atoms with Crippen molar-refractivity contribution in [2.75, 3.05) is 6.54 Å². The highest BCUT2D eigenvalue weighted by atomic mass is 16.4. The van der Waals surface area contributed by atoms with E-state index < -0.39 is 5.97 Å². The Balaban J connectivity index is 1.75. The molecule has 3 aromatic rings. The number of aromatic nitrogens is 2. The van der Waals surface area contributed by atoms with E-state index in [4.69, 9.17) is 15.1 Å². The standard InChI is InChI=1S/C30H37N3O2/c1-20(2)33-19-18-25-30(26(33)8-6-5-7-9-27(34)35)32-29(24-16-12-22(4)13-17-24)28(31-25)23-14-10-21(3)11-15-23/h10-17,20,26H,5-9,18-19H2,1-4H3,(H,34,35). The maximum Gasteiger partial charge on any atom is 0.303 e. The molecule has 5 heteroatoms. The second-order valence-electron chi connectivity index (χ2n) is 10.1. The molecule has 0 amide bonds. The number of fused-ring (bicyclic) bond motifs is 1. The third-order valence-electron chi connectivity index (χ3n) is 7.00. The van der Waals surface area contributed by atoms with Gasteiger partial charge < -0.3 is 5.11 Å². The normalized spacial score (nSPS) is 15.9. The van der Waals surface area contributed by atoms with Gasteiger partial charge in [0.1, 0.15) is 0 Å². The third-order valence-corrected chi connectivity index (χ3v) is 7.00. The van der Waals surface area contributed by atoms with Crippen LogP contribution in [0.3, 0.4) is 0 Å². The smallest absolute Gasteiger partial charge is 0.303 e. The number of benzene rings is 2. The number of hydrogen-bond acceptors (Lipinski definition) is 4. The lowest BCUT2D eigenvalue weighted by molar-refractivity contribution is -0.137. The Labute approximate surface area is 209 Å². The van der Waals surface area contributed by atoms with Crippen molar-refractivity contribution in [2.45, 2.75) is 78.3 Å². The molecule has 1 atom stereocenters. The van der Waals surface area contributed by atoms with E-state index >= 15 is 0 Å². The highest BCUT2D eigenvalue weighted by Gasteiger charge is 2.32. The summed E-state index contributed by atoms with van der Waals surface area (Å²) in [7, 11) is 0. The Morgan fingerprint density at radius 3 is 2.03 bits per heavy atom. The average molecular weight is 472 g/mol. The van der Waals surface area contributed by atoms with Crippen LogP contribution < -0.4 is 0 Å². The number of aryl methyl sites for hydroxylation is 2. The van der Waals surface area contributed by atoms with E-state index in [0.717, 1.165) is 72.6 Å². The van der Waals surface area contributed by atoms with Crippen LogP contribution >= 0.6 is 0 Å². The summed E-state index contributed by atoms with van der Waals surface area (Å²) in [5.74, 6) is -0.714. The lowest BCUT2D eigenvalue weighted by Crippen LogP contribution is -2.41. The van der Waals surface area contributed by atoms with Crippen molar-refractivity contribution < 1.29 is 9.90 Å². The summed E-state index contributed by atoms with van der Waals surface area (Å²) in [6.45, 7) is 9.67. The molecule has 0 aliphatic carbocycles. The SMILES string of the molecule is Cc1ccc(-c2nc3c(nc2-c2ccc(C)cc2)C(CCCCCC(=O)O)N(C(C)C)CC3)cc1. The first-order chi connectivity index (χ1) is 16.8. The number of rotatable bonds is 9. The van der Waals surface area contributed by atoms with Crippen molar-refractivity contribution >= 4 is 5.97 Å². The van der Waals surface area contributed by atoms with Crippen molar-refractivity contribution in [3.05, 3.63) is 71.0 Å². The Bertz CT molecular complexity index is 1150. The topological polar surface area (TPSA) is 66.3 Å². The molecule has 1 aliphatic rings. The van der Waals surface area contributed by atoms with Gasteiger partial charge in [0.05, 0.1) is 28.8 Å². The van der Waals surface area contributed by atoms with Crippen LogP contribution in [0, 0.1) is 13.8 Å². The molecule has 1 aliphatic heterocycles. The number of nitrogens with zero attached hydrogens (tertiary/aromatic N) is 3. The Morgan fingerprint density at radius 1 is 0.914 bits per heavy atom. The first kappa shape index (κ1) is 25.1. The molecule has 0 fully saturated rings. The molecule has 4 rings (SSSR count). The summed E-state index contributed by atoms with van der Waals surface area (Å²) in [6, 6.07) is 17.7. The number of carboxylic acids is 1. The largest absolute Gasteiger partial charge is 0.481 e. The van der Waals surface area contributed by atoms with Gasteiger partial charge in [-0.25, -0.2) is 9.97 Å². The van der Waals surface area contributed by atoms with E-state index in [1.54, 1.807) is 0 Å². The van der Waals surface area contributed by atoms with Crippen molar-refractivity contribution in [1.82, 2.24) is 14.9 Å². The second-order valence-corrected chi connectivity index (χ2v) is 10.1. The van der Waals surface area contributed by atoms with Crippen LogP contribution in [0.5, 0.6) is 0 Å². The summed E-state index contributed by atoms with van der Waals surface area (Å²) < 4.78 is 0. The minimum atomic E-state index is -0.714. The zero-order valence-electron chi connectivity index (χ0n) is 21.4. The first-order valence-electron chi connectivity index (χ1n) is 12.9. The Morgan fingerprint density at radius 2 is 1.49 bits per heavy atom. The molecule has 2 aromatic carbocycles. The zero-order chi connectivity index (χ0) is 24.9. The zero-order valence-corrected chi connectivity index (χ0v) is 21.4. The van der Waals surface area contributed by atoms with Gasteiger partial charge in [-0.05, 0) is 40.5 Å². The summed E-state index contributed by atoms with van der Waals surface area (Å²) >= 11 is 0. The van der Waals surface area contributed by atoms with Crippen LogP contribution in [-0.4, -0.2) is 38.5 Å². The lowest BCUT2D eigenvalue weighted by atomic mass is 9.93. The minimum absolute atomic E-state index is 0.201. The predicted molar refractivity (Wildman–Crippen MR) is 141 cm³/mol. The van der Waals surface area contributed by atoms with Crippen molar-refractivity contribution in [2.24, 2.45) is 0 Å². The summed E-state index contributed by atoms with van der Waals surface area (Å²) in [5, 5.41) is 8.97. The number of carbonyl (C=O) groups is 1. The van der Waals surface area contributed by atoms with E-state index in [0.29, 0.717) is 6.04 Å². The Hall–Kier alpha value is -3.05. The van der Waals surface area contributed by atoms with Crippen LogP contribution in [-0.2, 0) is 11.2 Å². The summed E-state index contributed by atoms with van der Waals surface area (Å²) in [5.41, 5.74) is 8.72. The van der Waals surface area contributed by atoms with Crippen molar-refractivity contribution in [1.29, 1.82) is 0 Å². The monoisotopic (exact) mass is 471 g/mol. The molecule has 35 heavy (non-hydrogen) atoms. The fourth-order valence-corrected chi connectivity index (χ4v) is 5.02. The predicted octanol–water partition coefficient (Wildman–Crippen LogP) is 6.77. The van der Waals surface area contributed by atoms with Crippen LogP contribution in [0.1, 0.15) is 74.5 Å². The number of hydrogen-bond donors (Lipinski definition) is 1. The van der Waals surface area contributed by atoms with Gasteiger partial charge in [-0.2, -0.15) is 0 Å². The number of aliphatic carboxylic acids is 1. The van der Waals surface area contributed by atoms with E-state index in [9.17, 15) is 4.79 Å². The van der Waals surface area contributed by atoms with E-state index in [1.165, 1.54) is 11.1 Å². The molecule has 2 heterocycles. The van der Waals surface area contributed by atoms with Crippen LogP contribution in [0.4, 0.5) is 0 Å². The fourth-order valence-electron chi connectivity index (χ4n) is 5.02. The maximum absolute atomic E-state index is 10.9. The van der Waals surface area contributed by atoms with E-state index in [1.807, 2.05) is 0 Å². The van der Waals surface area contributed by atoms with Crippen LogP contribution in [0.25, 0.3) is 22.5 Å². The number of carboxylic acid groups (broad SMARTS) is 1. The van der Waals surface area contributed by atoms with Gasteiger partial charge in [0.2, 0.25) is 0 Å². The van der Waals surface area contributed by atoms with E-state index in [2.05, 4.69) is 81.1 Å². The average Bonchev–Trinajstić information content (AvgIpc) is 2.83. The van der Waals surface area contributed by atoms with Gasteiger partial charge in [0.15, 0.2) is 0 Å². The molecular weight excluding hydrogens is 434 g/mol. The second kappa shape index (κ2) is 11.1. The third kappa shape index (κ3) is 5.96. The van der Waals surface area contributed by atoms with Gasteiger partial charge in [0, 0.05) is 36.6 Å². The van der Waals surface area contributed by atoms with Gasteiger partial charge in [0.25, 0.3) is 0 Å². The maximum atomic E-state index is 10.9. The Kier molecular flexibility index (Phi) is 7.97. The van der Waals surface area contributed by atoms with Gasteiger partial charge >= 0.3 is 5.97 Å². The molecule has 0 spiro atoms. The van der Waals surface area contributed by atoms with Gasteiger partial charge in [-0.1, -0.05) is 72.5 Å². The molecule has 5 nitrogen and oxygen atoms in total. The highest BCUT2D eigenvalue weighted by Crippen LogP contribution is 2.38. The molecule has 0 saturated heterocycles. The molecule has 0 saturated carbocycles. The van der Waals surface area contributed by atoms with E-state index in [-0.39, 0.29) is 12.5 Å². The van der Waals surface area contributed by atoms with Gasteiger partial charge in [-0.3, -0.25) is 9.69 Å². The van der Waals surface area contributed by atoms with Crippen LogP contribution in [0.15, 0.2) is 48.5 Å². The molecular formula is C30H37N3O2. The van der Waals surface area contributed by atoms with Gasteiger partial charge in [-0.15, -0.1) is 0 Å². The lowest BCUT2D eigenvalue weighted by Gasteiger charge is -2.39. The first-order valence-corrected chi connectivity index (χ1v) is 12.9. The summed E-state index contributed by atoms with van der Waals surface area (Å²) in [6.07, 6.45) is 4.74. The number of unbranched alkanes of at least 4 members (excludes halogenated alkanes) is 2. The molecule has 0 bridgehead atoms. The molecule has 184 valence electrons. The quantitative estimate of drug-likeness (QED) is 0.349. The fraction of sp³-hybridized carbons (Fsp3) is 0.433. The molecule has 1 unspecified atom stereocenters. The molecule has 0 radical (unpaired) electrons. The van der Waals surface area contributed by atoms with Crippen LogP contribution in [0.2, 0.25) is 0 Å². The minimum Gasteiger partial charge on any atom is -0.481 e. The van der Waals surface area contributed by atoms with Crippen molar-refractivity contribution in [3.8, 4) is 22.5 Å². The van der Waals surface area contributed by atoms with Crippen molar-refractivity contribution in [3.63, 3.8) is 0 Å². The highest BCUT2D eigenvalue weighted by molar-refractivity contribution is 5.78. The molecule has 1 aromatic heterocycles. The molecule has 1 N–H and O–H groups in total. The summed E-state index contributed by atoms with van der Waals surface area (Å²) in [4.78, 5) is 24.1.